The molecule has 19 heavy (non-hydrogen) atoms. The van der Waals surface area contributed by atoms with Crippen LogP contribution in [0.15, 0.2) is 24.3 Å². The Morgan fingerprint density at radius 1 is 1.47 bits per heavy atom. The summed E-state index contributed by atoms with van der Waals surface area (Å²) >= 11 is 0. The molecule has 0 aliphatic carbocycles. The van der Waals surface area contributed by atoms with E-state index < -0.39 is 0 Å². The van der Waals surface area contributed by atoms with Gasteiger partial charge >= 0.3 is 0 Å². The lowest BCUT2D eigenvalue weighted by molar-refractivity contribution is -0.384. The fraction of sp³-hybridized carbons (Fsp3) is 0.571. The summed E-state index contributed by atoms with van der Waals surface area (Å²) in [6.07, 6.45) is 3.42. The molecule has 1 fully saturated rings. The molecular weight excluding hydrogens is 244 g/mol. The van der Waals surface area contributed by atoms with Crippen LogP contribution >= 0.6 is 0 Å². The van der Waals surface area contributed by atoms with E-state index in [-0.39, 0.29) is 22.8 Å². The second kappa shape index (κ2) is 6.02. The Kier molecular flexibility index (Phi) is 4.37. The van der Waals surface area contributed by atoms with Crippen LogP contribution < -0.4 is 4.90 Å². The molecule has 0 bridgehead atoms. The van der Waals surface area contributed by atoms with Crippen LogP contribution in [0.2, 0.25) is 0 Å². The van der Waals surface area contributed by atoms with Crippen LogP contribution in [0.4, 0.5) is 11.4 Å². The van der Waals surface area contributed by atoms with Gasteiger partial charge in [0.25, 0.3) is 5.69 Å². The molecule has 0 amide bonds. The molecule has 2 atom stereocenters. The largest absolute Gasteiger partial charge is 0.393 e. The SMILES string of the molecule is CC(O)CC1CCCCN1c1ccccc1[N+](=O)[O-]. The van der Waals surface area contributed by atoms with Gasteiger partial charge in [0.1, 0.15) is 5.69 Å². The average molecular weight is 264 g/mol. The minimum Gasteiger partial charge on any atom is -0.393 e. The first-order valence-electron chi connectivity index (χ1n) is 6.77. The highest BCUT2D eigenvalue weighted by atomic mass is 16.6. The molecule has 1 aliphatic heterocycles. The molecule has 1 aromatic carbocycles. The number of hydrogen-bond acceptors (Lipinski definition) is 4. The molecule has 0 radical (unpaired) electrons. The van der Waals surface area contributed by atoms with Gasteiger partial charge in [-0.1, -0.05) is 12.1 Å². The number of aliphatic hydroxyl groups is 1. The number of nitro groups is 1. The first-order chi connectivity index (χ1) is 9.09. The molecule has 0 aromatic heterocycles. The second-order valence-electron chi connectivity index (χ2n) is 5.17. The minimum absolute atomic E-state index is 0.153. The molecule has 1 heterocycles. The van der Waals surface area contributed by atoms with Gasteiger partial charge in [-0.15, -0.1) is 0 Å². The molecule has 1 aromatic rings. The molecule has 0 saturated carbocycles. The van der Waals surface area contributed by atoms with Crippen LogP contribution in [0.3, 0.4) is 0 Å². The van der Waals surface area contributed by atoms with Crippen molar-refractivity contribution in [1.82, 2.24) is 0 Å². The molecule has 1 saturated heterocycles. The van der Waals surface area contributed by atoms with E-state index in [0.29, 0.717) is 12.1 Å². The van der Waals surface area contributed by atoms with Crippen molar-refractivity contribution < 1.29 is 10.0 Å². The molecule has 0 spiro atoms. The Hall–Kier alpha value is -1.62. The predicted molar refractivity (Wildman–Crippen MR) is 74.4 cm³/mol. The molecule has 2 rings (SSSR count). The van der Waals surface area contributed by atoms with Gasteiger partial charge in [0, 0.05) is 18.7 Å². The van der Waals surface area contributed by atoms with E-state index in [1.165, 1.54) is 0 Å². The van der Waals surface area contributed by atoms with Crippen molar-refractivity contribution in [2.45, 2.75) is 44.8 Å². The Morgan fingerprint density at radius 2 is 2.21 bits per heavy atom. The van der Waals surface area contributed by atoms with Crippen molar-refractivity contribution >= 4 is 11.4 Å². The molecule has 1 N–H and O–H groups in total. The van der Waals surface area contributed by atoms with E-state index in [4.69, 9.17) is 0 Å². The Bertz CT molecular complexity index is 448. The summed E-state index contributed by atoms with van der Waals surface area (Å²) in [6.45, 7) is 2.59. The third-order valence-corrected chi connectivity index (χ3v) is 3.63. The highest BCUT2D eigenvalue weighted by Crippen LogP contribution is 2.33. The van der Waals surface area contributed by atoms with Gasteiger partial charge in [0.05, 0.1) is 11.0 Å². The number of benzene rings is 1. The number of nitro benzene ring substituents is 1. The lowest BCUT2D eigenvalue weighted by atomic mass is 9.96. The maximum Gasteiger partial charge on any atom is 0.292 e. The van der Waals surface area contributed by atoms with Crippen molar-refractivity contribution in [3.05, 3.63) is 34.4 Å². The summed E-state index contributed by atoms with van der Waals surface area (Å²) < 4.78 is 0. The summed E-state index contributed by atoms with van der Waals surface area (Å²) in [5.41, 5.74) is 0.831. The third-order valence-electron chi connectivity index (χ3n) is 3.63. The number of nitrogens with zero attached hydrogens (tertiary/aromatic N) is 2. The number of hydrogen-bond donors (Lipinski definition) is 1. The normalized spacial score (nSPS) is 21.2. The maximum atomic E-state index is 11.1. The van der Waals surface area contributed by atoms with Crippen molar-refractivity contribution in [2.24, 2.45) is 0 Å². The first kappa shape index (κ1) is 13.8. The minimum atomic E-state index is -0.381. The van der Waals surface area contributed by atoms with E-state index >= 15 is 0 Å². The fourth-order valence-corrected chi connectivity index (χ4v) is 2.82. The van der Waals surface area contributed by atoms with Crippen LogP contribution in [-0.4, -0.2) is 28.7 Å². The zero-order valence-corrected chi connectivity index (χ0v) is 11.2. The number of aliphatic hydroxyl groups excluding tert-OH is 1. The molecule has 5 nitrogen and oxygen atoms in total. The van der Waals surface area contributed by atoms with Crippen molar-refractivity contribution in [2.75, 3.05) is 11.4 Å². The maximum absolute atomic E-state index is 11.1. The first-order valence-corrected chi connectivity index (χ1v) is 6.77. The van der Waals surface area contributed by atoms with E-state index in [2.05, 4.69) is 4.90 Å². The topological polar surface area (TPSA) is 66.6 Å². The highest BCUT2D eigenvalue weighted by Gasteiger charge is 2.28. The Labute approximate surface area is 113 Å². The van der Waals surface area contributed by atoms with Gasteiger partial charge < -0.3 is 10.0 Å². The molecule has 104 valence electrons. The Balaban J connectivity index is 2.29. The van der Waals surface area contributed by atoms with Gasteiger partial charge in [-0.25, -0.2) is 0 Å². The Morgan fingerprint density at radius 3 is 2.89 bits per heavy atom. The zero-order chi connectivity index (χ0) is 13.8. The summed E-state index contributed by atoms with van der Waals surface area (Å²) in [6, 6.07) is 7.06. The number of rotatable bonds is 4. The summed E-state index contributed by atoms with van der Waals surface area (Å²) in [5.74, 6) is 0. The van der Waals surface area contributed by atoms with Crippen molar-refractivity contribution in [3.63, 3.8) is 0 Å². The van der Waals surface area contributed by atoms with Crippen LogP contribution in [0, 0.1) is 10.1 Å². The van der Waals surface area contributed by atoms with Gasteiger partial charge in [0.15, 0.2) is 0 Å². The predicted octanol–water partition coefficient (Wildman–Crippen LogP) is 2.72. The molecule has 2 unspecified atom stereocenters. The quantitative estimate of drug-likeness (QED) is 0.670. The van der Waals surface area contributed by atoms with Crippen LogP contribution in [0.5, 0.6) is 0 Å². The number of anilines is 1. The fourth-order valence-electron chi connectivity index (χ4n) is 2.82. The van der Waals surface area contributed by atoms with Gasteiger partial charge in [-0.2, -0.15) is 0 Å². The van der Waals surface area contributed by atoms with E-state index in [0.717, 1.165) is 25.8 Å². The molecule has 1 aliphatic rings. The van der Waals surface area contributed by atoms with E-state index in [9.17, 15) is 15.2 Å². The van der Waals surface area contributed by atoms with Crippen LogP contribution in [0.1, 0.15) is 32.6 Å². The van der Waals surface area contributed by atoms with Crippen molar-refractivity contribution in [1.29, 1.82) is 0 Å². The van der Waals surface area contributed by atoms with Crippen LogP contribution in [-0.2, 0) is 0 Å². The van der Waals surface area contributed by atoms with E-state index in [1.807, 2.05) is 6.07 Å². The zero-order valence-electron chi connectivity index (χ0n) is 11.2. The van der Waals surface area contributed by atoms with Gasteiger partial charge in [0.2, 0.25) is 0 Å². The summed E-state index contributed by atoms with van der Waals surface area (Å²) in [5, 5.41) is 20.7. The monoisotopic (exact) mass is 264 g/mol. The van der Waals surface area contributed by atoms with Gasteiger partial charge in [-0.05, 0) is 38.7 Å². The summed E-state index contributed by atoms with van der Waals surface area (Å²) in [7, 11) is 0. The smallest absolute Gasteiger partial charge is 0.292 e. The third kappa shape index (κ3) is 3.23. The second-order valence-corrected chi connectivity index (χ2v) is 5.17. The van der Waals surface area contributed by atoms with E-state index in [1.54, 1.807) is 25.1 Å². The lowest BCUT2D eigenvalue weighted by Gasteiger charge is -2.37. The lowest BCUT2D eigenvalue weighted by Crippen LogP contribution is -2.41. The molecule has 5 heteroatoms. The standard InChI is InChI=1S/C14H20N2O3/c1-11(17)10-12-6-4-5-9-15(12)13-7-2-3-8-14(13)16(18)19/h2-3,7-8,11-12,17H,4-6,9-10H2,1H3. The number of piperidine rings is 1. The van der Waals surface area contributed by atoms with Gasteiger partial charge in [-0.3, -0.25) is 10.1 Å². The average Bonchev–Trinajstić information content (AvgIpc) is 2.38. The van der Waals surface area contributed by atoms with Crippen LogP contribution in [0.25, 0.3) is 0 Å². The molecular formula is C14H20N2O3. The summed E-state index contributed by atoms with van der Waals surface area (Å²) in [4.78, 5) is 12.9. The number of para-hydroxylation sites is 2. The highest BCUT2D eigenvalue weighted by molar-refractivity contribution is 5.63. The van der Waals surface area contributed by atoms with Crippen molar-refractivity contribution in [3.8, 4) is 0 Å².